The van der Waals surface area contributed by atoms with E-state index in [1.807, 2.05) is 0 Å². The SMILES string of the molecule is O=C(O)NC(C(=O)N1CC[C@H](O)C1)c1ccc(OCCOC2CCCCO2)cc1. The van der Waals surface area contributed by atoms with Crippen LogP contribution in [0.1, 0.15) is 37.3 Å². The fourth-order valence-corrected chi connectivity index (χ4v) is 3.47. The molecule has 0 radical (unpaired) electrons. The predicted octanol–water partition coefficient (Wildman–Crippen LogP) is 1.51. The number of carbonyl (C=O) groups is 2. The number of amides is 2. The molecule has 0 aliphatic carbocycles. The van der Waals surface area contributed by atoms with E-state index < -0.39 is 18.2 Å². The first kappa shape index (κ1) is 21.4. The maximum atomic E-state index is 12.7. The number of ether oxygens (including phenoxy) is 3. The molecule has 9 heteroatoms. The lowest BCUT2D eigenvalue weighted by Gasteiger charge is -2.24. The smallest absolute Gasteiger partial charge is 0.405 e. The minimum Gasteiger partial charge on any atom is -0.491 e. The van der Waals surface area contributed by atoms with Gasteiger partial charge >= 0.3 is 6.09 Å². The summed E-state index contributed by atoms with van der Waals surface area (Å²) in [5, 5.41) is 21.0. The molecule has 0 saturated carbocycles. The predicted molar refractivity (Wildman–Crippen MR) is 103 cm³/mol. The summed E-state index contributed by atoms with van der Waals surface area (Å²) in [5.41, 5.74) is 0.512. The normalized spacial score (nSPS) is 22.9. The Morgan fingerprint density at radius 2 is 2.00 bits per heavy atom. The summed E-state index contributed by atoms with van der Waals surface area (Å²) >= 11 is 0. The number of nitrogens with zero attached hydrogens (tertiary/aromatic N) is 1. The molecular formula is C20H28N2O7. The van der Waals surface area contributed by atoms with Gasteiger partial charge in [-0.25, -0.2) is 4.79 Å². The van der Waals surface area contributed by atoms with Gasteiger partial charge in [0, 0.05) is 19.7 Å². The molecule has 29 heavy (non-hydrogen) atoms. The van der Waals surface area contributed by atoms with Crippen LogP contribution in [0.15, 0.2) is 24.3 Å². The number of nitrogens with one attached hydrogen (secondary N) is 1. The fraction of sp³-hybridized carbons (Fsp3) is 0.600. The molecule has 3 atom stereocenters. The highest BCUT2D eigenvalue weighted by Gasteiger charge is 2.32. The zero-order chi connectivity index (χ0) is 20.6. The van der Waals surface area contributed by atoms with E-state index in [4.69, 9.17) is 19.3 Å². The van der Waals surface area contributed by atoms with Crippen molar-refractivity contribution in [2.24, 2.45) is 0 Å². The molecule has 0 aromatic heterocycles. The minimum absolute atomic E-state index is 0.160. The van der Waals surface area contributed by atoms with E-state index in [0.29, 0.717) is 37.5 Å². The van der Waals surface area contributed by atoms with Crippen molar-refractivity contribution in [1.82, 2.24) is 10.2 Å². The van der Waals surface area contributed by atoms with Crippen LogP contribution in [0.4, 0.5) is 4.79 Å². The van der Waals surface area contributed by atoms with Crippen molar-refractivity contribution < 1.29 is 34.0 Å². The Balaban J connectivity index is 1.52. The first-order chi connectivity index (χ1) is 14.0. The molecule has 2 fully saturated rings. The van der Waals surface area contributed by atoms with Crippen LogP contribution in [-0.4, -0.2) is 72.4 Å². The number of β-amino-alcohol motifs (C(OH)–C–C–N with tert-alkyl or cyclic N) is 1. The first-order valence-corrected chi connectivity index (χ1v) is 9.95. The summed E-state index contributed by atoms with van der Waals surface area (Å²) in [4.78, 5) is 25.3. The maximum Gasteiger partial charge on any atom is 0.405 e. The third-order valence-electron chi connectivity index (χ3n) is 5.00. The molecule has 2 saturated heterocycles. The van der Waals surface area contributed by atoms with E-state index in [-0.39, 0.29) is 18.7 Å². The molecule has 1 aromatic carbocycles. The molecule has 9 nitrogen and oxygen atoms in total. The summed E-state index contributed by atoms with van der Waals surface area (Å²) in [6.07, 6.45) is 1.55. The Morgan fingerprint density at radius 1 is 1.21 bits per heavy atom. The van der Waals surface area contributed by atoms with Crippen molar-refractivity contribution in [2.75, 3.05) is 32.9 Å². The Bertz CT molecular complexity index is 676. The molecule has 3 rings (SSSR count). The van der Waals surface area contributed by atoms with E-state index in [1.54, 1.807) is 24.3 Å². The van der Waals surface area contributed by atoms with Crippen LogP contribution in [0.5, 0.6) is 5.75 Å². The van der Waals surface area contributed by atoms with Crippen molar-refractivity contribution in [3.05, 3.63) is 29.8 Å². The van der Waals surface area contributed by atoms with E-state index in [0.717, 1.165) is 25.9 Å². The summed E-state index contributed by atoms with van der Waals surface area (Å²) in [5.74, 6) is 0.221. The molecule has 1 aromatic rings. The van der Waals surface area contributed by atoms with Crippen molar-refractivity contribution in [1.29, 1.82) is 0 Å². The van der Waals surface area contributed by atoms with E-state index in [1.165, 1.54) is 4.90 Å². The van der Waals surface area contributed by atoms with Gasteiger partial charge in [0.2, 0.25) is 5.91 Å². The van der Waals surface area contributed by atoms with Gasteiger partial charge in [0.25, 0.3) is 0 Å². The van der Waals surface area contributed by atoms with Crippen molar-refractivity contribution in [3.63, 3.8) is 0 Å². The number of carboxylic acid groups (broad SMARTS) is 1. The maximum absolute atomic E-state index is 12.7. The van der Waals surface area contributed by atoms with Gasteiger partial charge in [0.05, 0.1) is 12.7 Å². The fourth-order valence-electron chi connectivity index (χ4n) is 3.47. The topological polar surface area (TPSA) is 118 Å². The van der Waals surface area contributed by atoms with Crippen LogP contribution >= 0.6 is 0 Å². The van der Waals surface area contributed by atoms with Gasteiger partial charge in [0.15, 0.2) is 6.29 Å². The number of aliphatic hydroxyl groups is 1. The summed E-state index contributed by atoms with van der Waals surface area (Å²) in [7, 11) is 0. The minimum atomic E-state index is -1.29. The number of benzene rings is 1. The monoisotopic (exact) mass is 408 g/mol. The van der Waals surface area contributed by atoms with E-state index in [9.17, 15) is 14.7 Å². The number of rotatable bonds is 8. The molecule has 2 heterocycles. The first-order valence-electron chi connectivity index (χ1n) is 9.95. The molecule has 0 bridgehead atoms. The molecule has 2 aliphatic heterocycles. The summed E-state index contributed by atoms with van der Waals surface area (Å²) in [6.45, 7) is 2.12. The largest absolute Gasteiger partial charge is 0.491 e. The Hall–Kier alpha value is -2.36. The standard InChI is InChI=1S/C20H28N2O7/c23-15-8-9-22(13-15)19(24)18(21-20(25)26)14-4-6-16(7-5-14)27-11-12-29-17-3-1-2-10-28-17/h4-7,15,17-18,21,23H,1-3,8-13H2,(H,25,26)/t15-,17?,18?/m0/s1. The van der Waals surface area contributed by atoms with Crippen molar-refractivity contribution in [3.8, 4) is 5.75 Å². The average Bonchev–Trinajstić information content (AvgIpc) is 3.16. The zero-order valence-corrected chi connectivity index (χ0v) is 16.3. The second-order valence-corrected chi connectivity index (χ2v) is 7.19. The molecule has 0 spiro atoms. The lowest BCUT2D eigenvalue weighted by atomic mass is 10.1. The molecule has 3 N–H and O–H groups in total. The van der Waals surface area contributed by atoms with E-state index in [2.05, 4.69) is 5.32 Å². The van der Waals surface area contributed by atoms with Crippen LogP contribution in [0.3, 0.4) is 0 Å². The van der Waals surface area contributed by atoms with Crippen LogP contribution < -0.4 is 10.1 Å². The highest BCUT2D eigenvalue weighted by atomic mass is 16.7. The van der Waals surface area contributed by atoms with Gasteiger partial charge in [-0.05, 0) is 43.4 Å². The number of carbonyl (C=O) groups excluding carboxylic acids is 1. The Labute approximate surface area is 169 Å². The van der Waals surface area contributed by atoms with Crippen LogP contribution in [0, 0.1) is 0 Å². The zero-order valence-electron chi connectivity index (χ0n) is 16.3. The van der Waals surface area contributed by atoms with Gasteiger partial charge in [-0.15, -0.1) is 0 Å². The Kier molecular flexibility index (Phi) is 7.68. The quantitative estimate of drug-likeness (QED) is 0.558. The highest BCUT2D eigenvalue weighted by molar-refractivity contribution is 5.86. The van der Waals surface area contributed by atoms with Gasteiger partial charge in [-0.2, -0.15) is 0 Å². The number of aliphatic hydroxyl groups excluding tert-OH is 1. The van der Waals surface area contributed by atoms with E-state index >= 15 is 0 Å². The summed E-state index contributed by atoms with van der Waals surface area (Å²) < 4.78 is 16.7. The molecular weight excluding hydrogens is 380 g/mol. The van der Waals surface area contributed by atoms with Crippen LogP contribution in [-0.2, 0) is 14.3 Å². The second-order valence-electron chi connectivity index (χ2n) is 7.19. The van der Waals surface area contributed by atoms with Crippen molar-refractivity contribution >= 4 is 12.0 Å². The number of hydrogen-bond acceptors (Lipinski definition) is 6. The molecule has 2 aliphatic rings. The van der Waals surface area contributed by atoms with Crippen LogP contribution in [0.2, 0.25) is 0 Å². The van der Waals surface area contributed by atoms with Gasteiger partial charge < -0.3 is 34.6 Å². The lowest BCUT2D eigenvalue weighted by Crippen LogP contribution is -2.41. The highest BCUT2D eigenvalue weighted by Crippen LogP contribution is 2.22. The lowest BCUT2D eigenvalue weighted by molar-refractivity contribution is -0.165. The Morgan fingerprint density at radius 3 is 2.62 bits per heavy atom. The number of hydrogen-bond donors (Lipinski definition) is 3. The summed E-state index contributed by atoms with van der Waals surface area (Å²) in [6, 6.07) is 5.67. The third-order valence-corrected chi connectivity index (χ3v) is 5.00. The van der Waals surface area contributed by atoms with Gasteiger partial charge in [-0.3, -0.25) is 4.79 Å². The average molecular weight is 408 g/mol. The van der Waals surface area contributed by atoms with Gasteiger partial charge in [-0.1, -0.05) is 12.1 Å². The second kappa shape index (κ2) is 10.4. The molecule has 2 amide bonds. The third kappa shape index (κ3) is 6.31. The molecule has 2 unspecified atom stereocenters. The molecule has 160 valence electrons. The number of likely N-dealkylation sites (tertiary alicyclic amines) is 1. The van der Waals surface area contributed by atoms with Gasteiger partial charge in [0.1, 0.15) is 18.4 Å². The van der Waals surface area contributed by atoms with Crippen molar-refractivity contribution in [2.45, 2.75) is 44.1 Å². The van der Waals surface area contributed by atoms with Crippen LogP contribution in [0.25, 0.3) is 0 Å².